The van der Waals surface area contributed by atoms with E-state index in [1.54, 1.807) is 0 Å². The van der Waals surface area contributed by atoms with Crippen LogP contribution < -0.4 is 21.9 Å². The lowest BCUT2D eigenvalue weighted by molar-refractivity contribution is 1.66. The molecule has 4 aromatic carbocycles. The second-order valence-electron chi connectivity index (χ2n) is 6.62. The van der Waals surface area contributed by atoms with E-state index in [4.69, 9.17) is 11.6 Å². The van der Waals surface area contributed by atoms with Crippen LogP contribution in [-0.4, -0.2) is 6.15 Å². The van der Waals surface area contributed by atoms with E-state index >= 15 is 0 Å². The van der Waals surface area contributed by atoms with Gasteiger partial charge in [-0.05, 0) is 6.07 Å². The van der Waals surface area contributed by atoms with Crippen LogP contribution in [0.4, 0.5) is 0 Å². The molecule has 0 saturated heterocycles. The third kappa shape index (κ3) is 2.75. The zero-order valence-electron chi connectivity index (χ0n) is 14.4. The number of hydrogen-bond donors (Lipinski definition) is 0. The largest absolute Gasteiger partial charge is 0.195 e. The maximum Gasteiger partial charge on any atom is 0.109 e. The summed E-state index contributed by atoms with van der Waals surface area (Å²) in [6, 6.07) is 40.3. The van der Waals surface area contributed by atoms with Crippen molar-refractivity contribution < 1.29 is 0 Å². The van der Waals surface area contributed by atoms with Gasteiger partial charge in [0.15, 0.2) is 0 Å². The van der Waals surface area contributed by atoms with E-state index in [0.29, 0.717) is 0 Å². The molecule has 0 radical (unpaired) electrons. The second kappa shape index (κ2) is 7.23. The molecule has 0 heterocycles. The van der Waals surface area contributed by atoms with Crippen molar-refractivity contribution in [1.29, 1.82) is 0 Å². The first-order chi connectivity index (χ1) is 12.8. The quantitative estimate of drug-likeness (QED) is 0.491. The van der Waals surface area contributed by atoms with Gasteiger partial charge in [0.2, 0.25) is 0 Å². The Hall–Kier alpha value is -2.77. The summed E-state index contributed by atoms with van der Waals surface area (Å²) in [5.74, 6) is 0. The minimum Gasteiger partial charge on any atom is -0.195 e. The third-order valence-electron chi connectivity index (χ3n) is 5.27. The molecule has 0 aliphatic carbocycles. The summed E-state index contributed by atoms with van der Waals surface area (Å²) < 4.78 is 0. The highest BCUT2D eigenvalue weighted by atomic mass is 35.5. The molecule has 0 amide bonds. The molecule has 0 atom stereocenters. The molecule has 0 aromatic heterocycles. The van der Waals surface area contributed by atoms with Crippen molar-refractivity contribution in [3.8, 4) is 0 Å². The SMILES string of the molecule is Clc1ccccc1[B-](c1ccccc1)(c1ccccc1)c1ccccc1. The highest BCUT2D eigenvalue weighted by molar-refractivity contribution is 7.20. The minimum absolute atomic E-state index is 0.795. The second-order valence-corrected chi connectivity index (χ2v) is 7.03. The number of rotatable bonds is 4. The van der Waals surface area contributed by atoms with Gasteiger partial charge in [-0.3, -0.25) is 0 Å². The Balaban J connectivity index is 2.17. The molecule has 0 spiro atoms. The van der Waals surface area contributed by atoms with E-state index in [1.807, 2.05) is 12.1 Å². The smallest absolute Gasteiger partial charge is 0.109 e. The van der Waals surface area contributed by atoms with Crippen molar-refractivity contribution in [2.45, 2.75) is 0 Å². The lowest BCUT2D eigenvalue weighted by Gasteiger charge is -2.44. The lowest BCUT2D eigenvalue weighted by atomic mass is 9.13. The highest BCUT2D eigenvalue weighted by Gasteiger charge is 2.32. The molecule has 2 heteroatoms. The minimum atomic E-state index is -1.37. The first-order valence-electron chi connectivity index (χ1n) is 8.90. The summed E-state index contributed by atoms with van der Waals surface area (Å²) in [7, 11) is 0. The number of hydrogen-bond acceptors (Lipinski definition) is 0. The van der Waals surface area contributed by atoms with Gasteiger partial charge < -0.3 is 0 Å². The van der Waals surface area contributed by atoms with E-state index in [-0.39, 0.29) is 0 Å². The van der Waals surface area contributed by atoms with Gasteiger partial charge in [-0.25, -0.2) is 0 Å². The molecule has 0 aliphatic rings. The summed E-state index contributed by atoms with van der Waals surface area (Å²) >= 11 is 6.77. The maximum atomic E-state index is 6.77. The van der Waals surface area contributed by atoms with Crippen LogP contribution in [0.3, 0.4) is 0 Å². The zero-order chi connectivity index (χ0) is 17.8. The Kier molecular flexibility index (Phi) is 4.64. The molecule has 0 saturated carbocycles. The van der Waals surface area contributed by atoms with Crippen LogP contribution >= 0.6 is 11.6 Å². The Labute approximate surface area is 160 Å². The molecule has 4 rings (SSSR count). The average molecular weight is 354 g/mol. The molecule has 0 unspecified atom stereocenters. The fraction of sp³-hybridized carbons (Fsp3) is 0. The van der Waals surface area contributed by atoms with Gasteiger partial charge >= 0.3 is 0 Å². The van der Waals surface area contributed by atoms with Crippen LogP contribution in [0, 0.1) is 0 Å². The molecule has 0 nitrogen and oxygen atoms in total. The normalized spacial score (nSPS) is 11.3. The van der Waals surface area contributed by atoms with Gasteiger partial charge in [-0.1, -0.05) is 121 Å². The van der Waals surface area contributed by atoms with E-state index in [2.05, 4.69) is 103 Å². The maximum absolute atomic E-state index is 6.77. The van der Waals surface area contributed by atoms with Crippen LogP contribution in [-0.2, 0) is 0 Å². The van der Waals surface area contributed by atoms with Crippen LogP contribution in [0.2, 0.25) is 5.02 Å². The van der Waals surface area contributed by atoms with Crippen molar-refractivity contribution in [2.24, 2.45) is 0 Å². The molecule has 0 N–H and O–H groups in total. The van der Waals surface area contributed by atoms with Crippen molar-refractivity contribution in [1.82, 2.24) is 0 Å². The van der Waals surface area contributed by atoms with E-state index in [9.17, 15) is 0 Å². The van der Waals surface area contributed by atoms with Crippen molar-refractivity contribution in [3.63, 3.8) is 0 Å². The molecular formula is C24H19BCl-. The fourth-order valence-corrected chi connectivity index (χ4v) is 4.47. The summed E-state index contributed by atoms with van der Waals surface area (Å²) in [6.07, 6.45) is -1.37. The molecule has 4 aromatic rings. The average Bonchev–Trinajstić information content (AvgIpc) is 2.72. The standard InChI is InChI=1S/C24H19BCl/c26-24-19-11-10-18-23(24)25(20-12-4-1-5-13-20,21-14-6-2-7-15-21)22-16-8-3-9-17-22/h1-19H/q-1. The lowest BCUT2D eigenvalue weighted by Crippen LogP contribution is -2.75. The van der Waals surface area contributed by atoms with E-state index in [0.717, 1.165) is 10.5 Å². The van der Waals surface area contributed by atoms with Gasteiger partial charge in [0.05, 0.1) is 0 Å². The number of benzene rings is 4. The van der Waals surface area contributed by atoms with Crippen molar-refractivity contribution >= 4 is 39.6 Å². The van der Waals surface area contributed by atoms with Crippen molar-refractivity contribution in [2.75, 3.05) is 0 Å². The summed E-state index contributed by atoms with van der Waals surface area (Å²) in [4.78, 5) is 0. The molecule has 0 aliphatic heterocycles. The molecule has 0 bridgehead atoms. The summed E-state index contributed by atoms with van der Waals surface area (Å²) in [6.45, 7) is 0. The van der Waals surface area contributed by atoms with Crippen molar-refractivity contribution in [3.05, 3.63) is 120 Å². The van der Waals surface area contributed by atoms with Crippen LogP contribution in [0.5, 0.6) is 0 Å². The Bertz CT molecular complexity index is 885. The summed E-state index contributed by atoms with van der Waals surface area (Å²) in [5, 5.41) is 0.795. The Morgan fingerprint density at radius 2 is 0.769 bits per heavy atom. The molecular weight excluding hydrogens is 335 g/mol. The monoisotopic (exact) mass is 353 g/mol. The van der Waals surface area contributed by atoms with Crippen LogP contribution in [0.15, 0.2) is 115 Å². The predicted octanol–water partition coefficient (Wildman–Crippen LogP) is 3.72. The number of halogens is 1. The van der Waals surface area contributed by atoms with Crippen LogP contribution in [0.1, 0.15) is 0 Å². The molecule has 26 heavy (non-hydrogen) atoms. The first kappa shape index (κ1) is 16.7. The highest BCUT2D eigenvalue weighted by Crippen LogP contribution is 2.14. The van der Waals surface area contributed by atoms with Gasteiger partial charge in [-0.15, -0.1) is 0 Å². The van der Waals surface area contributed by atoms with E-state index < -0.39 is 6.15 Å². The Morgan fingerprint density at radius 3 is 1.15 bits per heavy atom. The molecule has 126 valence electrons. The third-order valence-corrected chi connectivity index (χ3v) is 5.61. The van der Waals surface area contributed by atoms with E-state index in [1.165, 1.54) is 16.4 Å². The topological polar surface area (TPSA) is 0 Å². The first-order valence-corrected chi connectivity index (χ1v) is 9.28. The van der Waals surface area contributed by atoms with Gasteiger partial charge in [0.25, 0.3) is 0 Å². The van der Waals surface area contributed by atoms with Gasteiger partial charge in [-0.2, -0.15) is 21.9 Å². The van der Waals surface area contributed by atoms with Gasteiger partial charge in [0.1, 0.15) is 6.15 Å². The summed E-state index contributed by atoms with van der Waals surface area (Å²) in [5.41, 5.74) is 4.94. The van der Waals surface area contributed by atoms with Crippen LogP contribution in [0.25, 0.3) is 0 Å². The predicted molar refractivity (Wildman–Crippen MR) is 115 cm³/mol. The zero-order valence-corrected chi connectivity index (χ0v) is 15.2. The van der Waals surface area contributed by atoms with Gasteiger partial charge in [0, 0.05) is 5.02 Å². The molecule has 0 fully saturated rings. The Morgan fingerprint density at radius 1 is 0.423 bits per heavy atom. The fourth-order valence-electron chi connectivity index (χ4n) is 4.17.